The van der Waals surface area contributed by atoms with E-state index in [1.165, 1.54) is 0 Å². The van der Waals surface area contributed by atoms with E-state index in [4.69, 9.17) is 28.6 Å². The number of rotatable bonds is 7. The molecular formula is C20H22ClN3O3S. The monoisotopic (exact) mass is 419 g/mol. The molecule has 0 heterocycles. The molecule has 148 valence electrons. The van der Waals surface area contributed by atoms with E-state index in [9.17, 15) is 9.59 Å². The van der Waals surface area contributed by atoms with Crippen molar-refractivity contribution in [2.45, 2.75) is 26.7 Å². The second-order valence-electron chi connectivity index (χ2n) is 5.86. The molecule has 2 aromatic rings. The van der Waals surface area contributed by atoms with E-state index in [0.717, 1.165) is 6.42 Å². The summed E-state index contributed by atoms with van der Waals surface area (Å²) in [6, 6.07) is 11.8. The minimum Gasteiger partial charge on any atom is -0.494 e. The van der Waals surface area contributed by atoms with Gasteiger partial charge >= 0.3 is 0 Å². The van der Waals surface area contributed by atoms with Gasteiger partial charge in [-0.1, -0.05) is 24.6 Å². The van der Waals surface area contributed by atoms with E-state index in [1.807, 2.05) is 13.8 Å². The largest absolute Gasteiger partial charge is 0.494 e. The Morgan fingerprint density at radius 3 is 2.61 bits per heavy atom. The smallest absolute Gasteiger partial charge is 0.257 e. The predicted octanol–water partition coefficient (Wildman–Crippen LogP) is 4.60. The quantitative estimate of drug-likeness (QED) is 0.571. The van der Waals surface area contributed by atoms with Crippen molar-refractivity contribution in [3.8, 4) is 5.75 Å². The number of hydrogen-bond acceptors (Lipinski definition) is 4. The van der Waals surface area contributed by atoms with E-state index < -0.39 is 0 Å². The maximum atomic E-state index is 12.4. The lowest BCUT2D eigenvalue weighted by molar-refractivity contribution is -0.116. The van der Waals surface area contributed by atoms with Gasteiger partial charge < -0.3 is 15.4 Å². The molecule has 8 heteroatoms. The molecule has 2 aromatic carbocycles. The topological polar surface area (TPSA) is 79.5 Å². The molecule has 0 aliphatic carbocycles. The number of nitrogens with one attached hydrogen (secondary N) is 3. The highest BCUT2D eigenvalue weighted by Gasteiger charge is 2.11. The van der Waals surface area contributed by atoms with E-state index >= 15 is 0 Å². The Hall–Kier alpha value is -2.64. The summed E-state index contributed by atoms with van der Waals surface area (Å²) in [5, 5.41) is 8.76. The molecule has 0 unspecified atom stereocenters. The van der Waals surface area contributed by atoms with Crippen LogP contribution in [0, 0.1) is 0 Å². The summed E-state index contributed by atoms with van der Waals surface area (Å²) in [7, 11) is 0. The summed E-state index contributed by atoms with van der Waals surface area (Å²) >= 11 is 11.4. The Morgan fingerprint density at radius 2 is 1.89 bits per heavy atom. The third kappa shape index (κ3) is 6.51. The number of ether oxygens (including phenoxy) is 1. The Labute approximate surface area is 174 Å². The van der Waals surface area contributed by atoms with Gasteiger partial charge in [-0.25, -0.2) is 0 Å². The molecule has 0 fully saturated rings. The van der Waals surface area contributed by atoms with Crippen molar-refractivity contribution >= 4 is 52.1 Å². The molecule has 0 radical (unpaired) electrons. The van der Waals surface area contributed by atoms with Crippen LogP contribution in [0.25, 0.3) is 0 Å². The van der Waals surface area contributed by atoms with Crippen molar-refractivity contribution in [3.63, 3.8) is 0 Å². The zero-order chi connectivity index (χ0) is 20.5. The lowest BCUT2D eigenvalue weighted by Crippen LogP contribution is -2.34. The number of carbonyl (C=O) groups excluding carboxylic acids is 2. The van der Waals surface area contributed by atoms with Gasteiger partial charge in [-0.05, 0) is 62.0 Å². The van der Waals surface area contributed by atoms with Gasteiger partial charge in [0, 0.05) is 17.7 Å². The van der Waals surface area contributed by atoms with Crippen LogP contribution in [0.1, 0.15) is 37.0 Å². The normalized spacial score (nSPS) is 10.1. The SMILES string of the molecule is CCCC(=O)Nc1ccc(Cl)c(NC(=S)NC(=O)c2cccc(OCC)c2)c1. The van der Waals surface area contributed by atoms with Crippen LogP contribution in [0.4, 0.5) is 11.4 Å². The minimum absolute atomic E-state index is 0.0826. The second kappa shape index (κ2) is 10.6. The summed E-state index contributed by atoms with van der Waals surface area (Å²) in [6.45, 7) is 4.31. The fourth-order valence-electron chi connectivity index (χ4n) is 2.37. The summed E-state index contributed by atoms with van der Waals surface area (Å²) < 4.78 is 5.39. The number of benzene rings is 2. The molecule has 6 nitrogen and oxygen atoms in total. The highest BCUT2D eigenvalue weighted by atomic mass is 35.5. The molecule has 0 aliphatic heterocycles. The first-order valence-electron chi connectivity index (χ1n) is 8.87. The fourth-order valence-corrected chi connectivity index (χ4v) is 2.74. The van der Waals surface area contributed by atoms with Gasteiger partial charge in [0.25, 0.3) is 5.91 Å². The number of halogens is 1. The number of thiocarbonyl (C=S) groups is 1. The highest BCUT2D eigenvalue weighted by Crippen LogP contribution is 2.25. The minimum atomic E-state index is -0.373. The van der Waals surface area contributed by atoms with Gasteiger partial charge in [0.15, 0.2) is 5.11 Å². The maximum absolute atomic E-state index is 12.4. The first kappa shape index (κ1) is 21.7. The predicted molar refractivity (Wildman–Crippen MR) is 116 cm³/mol. The van der Waals surface area contributed by atoms with E-state index in [0.29, 0.717) is 40.7 Å². The Bertz CT molecular complexity index is 874. The van der Waals surface area contributed by atoms with Gasteiger partial charge in [0.05, 0.1) is 17.3 Å². The first-order valence-corrected chi connectivity index (χ1v) is 9.66. The molecule has 2 rings (SSSR count). The van der Waals surface area contributed by atoms with Gasteiger partial charge in [-0.3, -0.25) is 14.9 Å². The molecular weight excluding hydrogens is 398 g/mol. The van der Waals surface area contributed by atoms with E-state index in [1.54, 1.807) is 42.5 Å². The lowest BCUT2D eigenvalue weighted by atomic mass is 10.2. The zero-order valence-corrected chi connectivity index (χ0v) is 17.2. The summed E-state index contributed by atoms with van der Waals surface area (Å²) in [5.74, 6) is 0.149. The van der Waals surface area contributed by atoms with E-state index in [2.05, 4.69) is 16.0 Å². The molecule has 0 spiro atoms. The van der Waals surface area contributed by atoms with Crippen LogP contribution in [0.2, 0.25) is 5.02 Å². The third-order valence-electron chi connectivity index (χ3n) is 3.61. The maximum Gasteiger partial charge on any atom is 0.257 e. The molecule has 0 bridgehead atoms. The number of carbonyl (C=O) groups is 2. The van der Waals surface area contributed by atoms with Crippen molar-refractivity contribution in [1.82, 2.24) is 5.32 Å². The molecule has 0 saturated heterocycles. The molecule has 2 amide bonds. The van der Waals surface area contributed by atoms with Crippen molar-refractivity contribution in [3.05, 3.63) is 53.1 Å². The van der Waals surface area contributed by atoms with Crippen LogP contribution in [0.15, 0.2) is 42.5 Å². The van der Waals surface area contributed by atoms with Crippen LogP contribution in [0.3, 0.4) is 0 Å². The highest BCUT2D eigenvalue weighted by molar-refractivity contribution is 7.80. The Balaban J connectivity index is 2.03. The Kier molecular flexibility index (Phi) is 8.22. The number of amides is 2. The van der Waals surface area contributed by atoms with Crippen LogP contribution in [-0.4, -0.2) is 23.5 Å². The van der Waals surface area contributed by atoms with Crippen LogP contribution >= 0.6 is 23.8 Å². The van der Waals surface area contributed by atoms with Crippen molar-refractivity contribution in [1.29, 1.82) is 0 Å². The first-order chi connectivity index (χ1) is 13.4. The van der Waals surface area contributed by atoms with Crippen LogP contribution < -0.4 is 20.7 Å². The van der Waals surface area contributed by atoms with Crippen molar-refractivity contribution in [2.75, 3.05) is 17.2 Å². The number of anilines is 2. The average Bonchev–Trinajstić information content (AvgIpc) is 2.65. The molecule has 3 N–H and O–H groups in total. The average molecular weight is 420 g/mol. The number of hydrogen-bond donors (Lipinski definition) is 3. The van der Waals surface area contributed by atoms with Gasteiger partial charge in [0.1, 0.15) is 5.75 Å². The molecule has 28 heavy (non-hydrogen) atoms. The van der Waals surface area contributed by atoms with Crippen molar-refractivity contribution in [2.24, 2.45) is 0 Å². The second-order valence-corrected chi connectivity index (χ2v) is 6.68. The fraction of sp³-hybridized carbons (Fsp3) is 0.250. The third-order valence-corrected chi connectivity index (χ3v) is 4.14. The Morgan fingerprint density at radius 1 is 1.11 bits per heavy atom. The van der Waals surface area contributed by atoms with Gasteiger partial charge in [-0.15, -0.1) is 0 Å². The van der Waals surface area contributed by atoms with Crippen molar-refractivity contribution < 1.29 is 14.3 Å². The zero-order valence-electron chi connectivity index (χ0n) is 15.7. The molecule has 0 aliphatic rings. The standard InChI is InChI=1S/C20H22ClN3O3S/c1-3-6-18(25)22-14-9-10-16(21)17(12-14)23-20(28)24-19(26)13-7-5-8-15(11-13)27-4-2/h5,7-12H,3-4,6H2,1-2H3,(H,22,25)(H2,23,24,26,28). The molecule has 0 saturated carbocycles. The van der Waals surface area contributed by atoms with E-state index in [-0.39, 0.29) is 16.9 Å². The summed E-state index contributed by atoms with van der Waals surface area (Å²) in [6.07, 6.45) is 1.19. The van der Waals surface area contributed by atoms with Crippen LogP contribution in [-0.2, 0) is 4.79 Å². The van der Waals surface area contributed by atoms with Gasteiger partial charge in [-0.2, -0.15) is 0 Å². The van der Waals surface area contributed by atoms with Gasteiger partial charge in [0.2, 0.25) is 5.91 Å². The summed E-state index contributed by atoms with van der Waals surface area (Å²) in [5.41, 5.74) is 1.48. The molecule has 0 atom stereocenters. The molecule has 0 aromatic heterocycles. The van der Waals surface area contributed by atoms with Crippen LogP contribution in [0.5, 0.6) is 5.75 Å². The summed E-state index contributed by atoms with van der Waals surface area (Å²) in [4.78, 5) is 24.1. The lowest BCUT2D eigenvalue weighted by Gasteiger charge is -2.13.